The summed E-state index contributed by atoms with van der Waals surface area (Å²) in [6, 6.07) is 3.69. The smallest absolute Gasteiger partial charge is 0.229 e. The molecule has 0 saturated heterocycles. The van der Waals surface area contributed by atoms with E-state index in [4.69, 9.17) is 4.42 Å². The van der Waals surface area contributed by atoms with Crippen molar-refractivity contribution < 1.29 is 9.21 Å². The molecule has 2 nitrogen and oxygen atoms in total. The maximum atomic E-state index is 11.9. The van der Waals surface area contributed by atoms with Gasteiger partial charge in [-0.15, -0.1) is 11.3 Å². The Morgan fingerprint density at radius 1 is 1.27 bits per heavy atom. The van der Waals surface area contributed by atoms with Crippen molar-refractivity contribution in [2.24, 2.45) is 0 Å². The SMILES string of the molecule is Cc1cc(C(=O)c2cc(C)c(C)o2)cs1. The molecule has 3 heteroatoms. The minimum absolute atomic E-state index is 0.0319. The van der Waals surface area contributed by atoms with Gasteiger partial charge >= 0.3 is 0 Å². The minimum Gasteiger partial charge on any atom is -0.458 e. The van der Waals surface area contributed by atoms with Gasteiger partial charge < -0.3 is 4.42 Å². The van der Waals surface area contributed by atoms with E-state index in [1.54, 1.807) is 17.4 Å². The summed E-state index contributed by atoms with van der Waals surface area (Å²) >= 11 is 1.58. The average Bonchev–Trinajstić information content (AvgIpc) is 2.74. The van der Waals surface area contributed by atoms with Crippen molar-refractivity contribution in [2.75, 3.05) is 0 Å². The van der Waals surface area contributed by atoms with E-state index in [0.29, 0.717) is 11.3 Å². The highest BCUT2D eigenvalue weighted by Gasteiger charge is 2.15. The van der Waals surface area contributed by atoms with Crippen LogP contribution in [0.5, 0.6) is 0 Å². The zero-order chi connectivity index (χ0) is 11.0. The molecule has 2 rings (SSSR count). The van der Waals surface area contributed by atoms with Crippen LogP contribution < -0.4 is 0 Å². The zero-order valence-corrected chi connectivity index (χ0v) is 9.77. The number of hydrogen-bond acceptors (Lipinski definition) is 3. The lowest BCUT2D eigenvalue weighted by molar-refractivity contribution is 0.101. The fourth-order valence-electron chi connectivity index (χ4n) is 1.39. The molecular formula is C12H12O2S. The van der Waals surface area contributed by atoms with Crippen molar-refractivity contribution in [2.45, 2.75) is 20.8 Å². The van der Waals surface area contributed by atoms with Gasteiger partial charge in [-0.05, 0) is 38.5 Å². The minimum atomic E-state index is -0.0319. The Morgan fingerprint density at radius 3 is 2.47 bits per heavy atom. The van der Waals surface area contributed by atoms with Crippen LogP contribution in [-0.4, -0.2) is 5.78 Å². The molecule has 0 aromatic carbocycles. The van der Waals surface area contributed by atoms with Crippen LogP contribution in [0.15, 0.2) is 21.9 Å². The highest BCUT2D eigenvalue weighted by atomic mass is 32.1. The van der Waals surface area contributed by atoms with Crippen molar-refractivity contribution in [3.05, 3.63) is 45.0 Å². The number of furan rings is 1. The Morgan fingerprint density at radius 2 is 2.00 bits per heavy atom. The standard InChI is InChI=1S/C12H12O2S/c1-7-4-11(14-9(7)3)12(13)10-5-8(2)15-6-10/h4-6H,1-3H3. The number of rotatable bonds is 2. The topological polar surface area (TPSA) is 30.2 Å². The Balaban J connectivity index is 2.36. The average molecular weight is 220 g/mol. The van der Waals surface area contributed by atoms with E-state index in [1.165, 1.54) is 0 Å². The summed E-state index contributed by atoms with van der Waals surface area (Å²) in [5.74, 6) is 1.21. The number of hydrogen-bond donors (Lipinski definition) is 0. The van der Waals surface area contributed by atoms with Crippen molar-refractivity contribution in [1.82, 2.24) is 0 Å². The lowest BCUT2D eigenvalue weighted by Gasteiger charge is -1.91. The van der Waals surface area contributed by atoms with E-state index in [-0.39, 0.29) is 5.78 Å². The molecule has 0 radical (unpaired) electrons. The molecule has 0 atom stereocenters. The Hall–Kier alpha value is -1.35. The fraction of sp³-hybridized carbons (Fsp3) is 0.250. The third-order valence-electron chi connectivity index (χ3n) is 2.38. The van der Waals surface area contributed by atoms with Crippen LogP contribution >= 0.6 is 11.3 Å². The number of ketones is 1. The summed E-state index contributed by atoms with van der Waals surface area (Å²) in [7, 11) is 0. The van der Waals surface area contributed by atoms with E-state index in [0.717, 1.165) is 16.2 Å². The predicted octanol–water partition coefficient (Wildman–Crippen LogP) is 3.50. The summed E-state index contributed by atoms with van der Waals surface area (Å²) in [5.41, 5.74) is 1.73. The molecule has 2 aromatic heterocycles. The maximum Gasteiger partial charge on any atom is 0.229 e. The van der Waals surface area contributed by atoms with Gasteiger partial charge in [-0.1, -0.05) is 0 Å². The molecule has 0 bridgehead atoms. The lowest BCUT2D eigenvalue weighted by Crippen LogP contribution is -1.96. The summed E-state index contributed by atoms with van der Waals surface area (Å²) in [5, 5.41) is 1.87. The second kappa shape index (κ2) is 3.66. The molecule has 0 fully saturated rings. The van der Waals surface area contributed by atoms with Crippen LogP contribution in [0.25, 0.3) is 0 Å². The summed E-state index contributed by atoms with van der Waals surface area (Å²) in [6.07, 6.45) is 0. The number of thiophene rings is 1. The first kappa shape index (κ1) is 10.2. The molecular weight excluding hydrogens is 208 g/mol. The molecule has 0 aliphatic carbocycles. The third kappa shape index (κ3) is 1.88. The Labute approximate surface area is 92.5 Å². The molecule has 2 heterocycles. The highest BCUT2D eigenvalue weighted by Crippen LogP contribution is 2.20. The van der Waals surface area contributed by atoms with Gasteiger partial charge in [0.05, 0.1) is 0 Å². The maximum absolute atomic E-state index is 11.9. The van der Waals surface area contributed by atoms with Crippen LogP contribution in [0.1, 0.15) is 32.3 Å². The van der Waals surface area contributed by atoms with Crippen LogP contribution in [-0.2, 0) is 0 Å². The molecule has 2 aromatic rings. The predicted molar refractivity (Wildman–Crippen MR) is 60.7 cm³/mol. The summed E-state index contributed by atoms with van der Waals surface area (Å²) in [6.45, 7) is 5.79. The summed E-state index contributed by atoms with van der Waals surface area (Å²) in [4.78, 5) is 13.1. The van der Waals surface area contributed by atoms with Crippen LogP contribution in [0.2, 0.25) is 0 Å². The molecule has 15 heavy (non-hydrogen) atoms. The van der Waals surface area contributed by atoms with E-state index >= 15 is 0 Å². The van der Waals surface area contributed by atoms with Crippen molar-refractivity contribution in [3.8, 4) is 0 Å². The Kier molecular flexibility index (Phi) is 2.49. The lowest BCUT2D eigenvalue weighted by atomic mass is 10.1. The van der Waals surface area contributed by atoms with E-state index in [2.05, 4.69) is 0 Å². The Bertz CT molecular complexity index is 486. The molecule has 0 aliphatic rings. The van der Waals surface area contributed by atoms with Crippen LogP contribution in [0.4, 0.5) is 0 Å². The van der Waals surface area contributed by atoms with Crippen molar-refractivity contribution >= 4 is 17.1 Å². The zero-order valence-electron chi connectivity index (χ0n) is 8.96. The second-order valence-electron chi connectivity index (χ2n) is 3.63. The molecule has 0 amide bonds. The van der Waals surface area contributed by atoms with Crippen LogP contribution in [0.3, 0.4) is 0 Å². The van der Waals surface area contributed by atoms with Gasteiger partial charge in [-0.2, -0.15) is 0 Å². The number of aryl methyl sites for hydroxylation is 3. The molecule has 0 saturated carbocycles. The van der Waals surface area contributed by atoms with Gasteiger partial charge in [0, 0.05) is 15.8 Å². The molecule has 0 unspecified atom stereocenters. The first-order valence-corrected chi connectivity index (χ1v) is 5.63. The fourth-order valence-corrected chi connectivity index (χ4v) is 2.07. The largest absolute Gasteiger partial charge is 0.458 e. The van der Waals surface area contributed by atoms with Gasteiger partial charge in [0.15, 0.2) is 5.76 Å². The monoisotopic (exact) mass is 220 g/mol. The quantitative estimate of drug-likeness (QED) is 0.725. The van der Waals surface area contributed by atoms with E-state index < -0.39 is 0 Å². The summed E-state index contributed by atoms with van der Waals surface area (Å²) < 4.78 is 5.39. The van der Waals surface area contributed by atoms with Gasteiger partial charge in [-0.25, -0.2) is 0 Å². The number of carbonyl (C=O) groups is 1. The molecule has 0 aliphatic heterocycles. The van der Waals surface area contributed by atoms with Crippen LogP contribution in [0, 0.1) is 20.8 Å². The first-order chi connectivity index (χ1) is 7.08. The highest BCUT2D eigenvalue weighted by molar-refractivity contribution is 7.10. The van der Waals surface area contributed by atoms with Gasteiger partial charge in [0.25, 0.3) is 0 Å². The van der Waals surface area contributed by atoms with Gasteiger partial charge in [0.2, 0.25) is 5.78 Å². The van der Waals surface area contributed by atoms with Gasteiger partial charge in [0.1, 0.15) is 5.76 Å². The van der Waals surface area contributed by atoms with Crippen molar-refractivity contribution in [1.29, 1.82) is 0 Å². The van der Waals surface area contributed by atoms with E-state index in [1.807, 2.05) is 32.2 Å². The van der Waals surface area contributed by atoms with Crippen molar-refractivity contribution in [3.63, 3.8) is 0 Å². The second-order valence-corrected chi connectivity index (χ2v) is 4.74. The molecule has 78 valence electrons. The first-order valence-electron chi connectivity index (χ1n) is 4.75. The third-order valence-corrected chi connectivity index (χ3v) is 3.24. The molecule has 0 N–H and O–H groups in total. The number of carbonyl (C=O) groups excluding carboxylic acids is 1. The van der Waals surface area contributed by atoms with E-state index in [9.17, 15) is 4.79 Å². The molecule has 0 spiro atoms. The normalized spacial score (nSPS) is 10.6. The van der Waals surface area contributed by atoms with Gasteiger partial charge in [-0.3, -0.25) is 4.79 Å².